The van der Waals surface area contributed by atoms with Gasteiger partial charge in [0.15, 0.2) is 0 Å². The normalized spacial score (nSPS) is 10.8. The minimum absolute atomic E-state index is 0.153. The molecule has 1 amide bonds. The third-order valence-corrected chi connectivity index (χ3v) is 5.00. The lowest BCUT2D eigenvalue weighted by molar-refractivity contribution is -0.116. The van der Waals surface area contributed by atoms with Crippen molar-refractivity contribution in [3.8, 4) is 5.69 Å². The molecule has 3 aromatic rings. The van der Waals surface area contributed by atoms with Gasteiger partial charge >= 0.3 is 0 Å². The van der Waals surface area contributed by atoms with Crippen LogP contribution >= 0.6 is 11.8 Å². The lowest BCUT2D eigenvalue weighted by Crippen LogP contribution is -2.19. The number of aromatic amines is 1. The number of aromatic nitrogens is 2. The Hall–Kier alpha value is -2.80. The number of benzene rings is 2. The zero-order chi connectivity index (χ0) is 19.4. The Bertz CT molecular complexity index is 992. The highest BCUT2D eigenvalue weighted by Gasteiger charge is 2.14. The van der Waals surface area contributed by atoms with E-state index in [-0.39, 0.29) is 23.7 Å². The van der Waals surface area contributed by atoms with E-state index in [1.165, 1.54) is 28.9 Å². The fourth-order valence-electron chi connectivity index (χ4n) is 2.78. The first-order valence-corrected chi connectivity index (χ1v) is 9.71. The van der Waals surface area contributed by atoms with Crippen molar-refractivity contribution in [3.63, 3.8) is 0 Å². The predicted octanol–water partition coefficient (Wildman–Crippen LogP) is 3.91. The zero-order valence-electron chi connectivity index (χ0n) is 15.1. The van der Waals surface area contributed by atoms with Crippen LogP contribution in [0, 0.1) is 12.7 Å². The first kappa shape index (κ1) is 19.0. The molecular formula is C20H20FN3O2S. The summed E-state index contributed by atoms with van der Waals surface area (Å²) in [6.45, 7) is 1.79. The number of halogens is 1. The van der Waals surface area contributed by atoms with Crippen LogP contribution in [0.1, 0.15) is 17.7 Å². The summed E-state index contributed by atoms with van der Waals surface area (Å²) in [7, 11) is 0. The van der Waals surface area contributed by atoms with Crippen molar-refractivity contribution in [1.29, 1.82) is 0 Å². The number of amides is 1. The summed E-state index contributed by atoms with van der Waals surface area (Å²) in [6, 6.07) is 13.2. The minimum Gasteiger partial charge on any atom is -0.326 e. The van der Waals surface area contributed by atoms with E-state index in [0.717, 1.165) is 10.6 Å². The summed E-state index contributed by atoms with van der Waals surface area (Å²) >= 11 is 1.63. The van der Waals surface area contributed by atoms with Gasteiger partial charge in [-0.3, -0.25) is 14.7 Å². The molecule has 0 radical (unpaired) electrons. The van der Waals surface area contributed by atoms with Crippen LogP contribution < -0.4 is 10.9 Å². The van der Waals surface area contributed by atoms with Crippen LogP contribution in [0.3, 0.4) is 0 Å². The second-order valence-electron chi connectivity index (χ2n) is 6.11. The van der Waals surface area contributed by atoms with Gasteiger partial charge in [0, 0.05) is 28.3 Å². The number of H-pyrrole nitrogens is 1. The maximum atomic E-state index is 13.1. The van der Waals surface area contributed by atoms with Gasteiger partial charge in [-0.2, -0.15) is 0 Å². The van der Waals surface area contributed by atoms with E-state index in [9.17, 15) is 14.0 Å². The molecule has 3 rings (SSSR count). The largest absolute Gasteiger partial charge is 0.326 e. The van der Waals surface area contributed by atoms with Gasteiger partial charge in [-0.25, -0.2) is 9.07 Å². The number of anilines is 1. The van der Waals surface area contributed by atoms with Crippen LogP contribution in [0.25, 0.3) is 5.69 Å². The Morgan fingerprint density at radius 2 is 1.81 bits per heavy atom. The van der Waals surface area contributed by atoms with Gasteiger partial charge in [-0.05, 0) is 68.1 Å². The van der Waals surface area contributed by atoms with E-state index >= 15 is 0 Å². The Labute approximate surface area is 160 Å². The molecule has 0 bridgehead atoms. The average Bonchev–Trinajstić information content (AvgIpc) is 2.95. The van der Waals surface area contributed by atoms with Crippen molar-refractivity contribution < 1.29 is 9.18 Å². The molecule has 0 aliphatic rings. The molecule has 0 aliphatic heterocycles. The highest BCUT2D eigenvalue weighted by Crippen LogP contribution is 2.18. The molecule has 0 atom stereocenters. The summed E-state index contributed by atoms with van der Waals surface area (Å²) < 4.78 is 14.4. The molecule has 2 aromatic carbocycles. The van der Waals surface area contributed by atoms with E-state index in [0.29, 0.717) is 23.4 Å². The standard InChI is InChI=1S/C20H20FN3O2S/c1-13-18(20(26)24(23-13)16-7-3-14(21)4-8-16)11-12-19(25)22-15-5-9-17(27-2)10-6-15/h3-10,23H,11-12H2,1-2H3,(H,22,25). The third kappa shape index (κ3) is 4.49. The molecule has 0 spiro atoms. The van der Waals surface area contributed by atoms with E-state index < -0.39 is 0 Å². The van der Waals surface area contributed by atoms with Crippen LogP contribution in [-0.2, 0) is 11.2 Å². The SMILES string of the molecule is CSc1ccc(NC(=O)CCc2c(C)[nH]n(-c3ccc(F)cc3)c2=O)cc1. The Balaban J connectivity index is 1.67. The number of carbonyl (C=O) groups excluding carboxylic acids is 1. The molecule has 7 heteroatoms. The lowest BCUT2D eigenvalue weighted by Gasteiger charge is -2.05. The number of rotatable bonds is 6. The summed E-state index contributed by atoms with van der Waals surface area (Å²) in [4.78, 5) is 25.9. The van der Waals surface area contributed by atoms with Crippen LogP contribution in [0.15, 0.2) is 58.2 Å². The quantitative estimate of drug-likeness (QED) is 0.633. The Kier molecular flexibility index (Phi) is 5.81. The van der Waals surface area contributed by atoms with Crippen molar-refractivity contribution >= 4 is 23.4 Å². The van der Waals surface area contributed by atoms with E-state index in [2.05, 4.69) is 10.4 Å². The molecule has 0 saturated carbocycles. The van der Waals surface area contributed by atoms with E-state index in [1.54, 1.807) is 18.7 Å². The van der Waals surface area contributed by atoms with Crippen LogP contribution in [0.4, 0.5) is 10.1 Å². The van der Waals surface area contributed by atoms with Gasteiger partial charge < -0.3 is 5.32 Å². The molecule has 5 nitrogen and oxygen atoms in total. The number of aryl methyl sites for hydroxylation is 1. The zero-order valence-corrected chi connectivity index (χ0v) is 15.9. The highest BCUT2D eigenvalue weighted by molar-refractivity contribution is 7.98. The second-order valence-corrected chi connectivity index (χ2v) is 6.99. The van der Waals surface area contributed by atoms with Gasteiger partial charge in [0.2, 0.25) is 5.91 Å². The third-order valence-electron chi connectivity index (χ3n) is 4.25. The monoisotopic (exact) mass is 385 g/mol. The summed E-state index contributed by atoms with van der Waals surface area (Å²) in [5.74, 6) is -0.516. The highest BCUT2D eigenvalue weighted by atomic mass is 32.2. The molecule has 0 unspecified atom stereocenters. The second kappa shape index (κ2) is 8.26. The molecule has 0 aliphatic carbocycles. The average molecular weight is 385 g/mol. The van der Waals surface area contributed by atoms with Crippen molar-refractivity contribution in [1.82, 2.24) is 9.78 Å². The minimum atomic E-state index is -0.363. The summed E-state index contributed by atoms with van der Waals surface area (Å²) in [5, 5.41) is 5.82. The van der Waals surface area contributed by atoms with Gasteiger partial charge in [0.25, 0.3) is 5.56 Å². The molecular weight excluding hydrogens is 365 g/mol. The predicted molar refractivity (Wildman–Crippen MR) is 106 cm³/mol. The van der Waals surface area contributed by atoms with Crippen LogP contribution in [0.5, 0.6) is 0 Å². The van der Waals surface area contributed by atoms with Crippen molar-refractivity contribution in [2.45, 2.75) is 24.7 Å². The molecule has 27 heavy (non-hydrogen) atoms. The van der Waals surface area contributed by atoms with Crippen molar-refractivity contribution in [3.05, 3.63) is 76.0 Å². The fraction of sp³-hybridized carbons (Fsp3) is 0.200. The van der Waals surface area contributed by atoms with Gasteiger partial charge in [0.1, 0.15) is 5.82 Å². The Morgan fingerprint density at radius 1 is 1.15 bits per heavy atom. The Morgan fingerprint density at radius 3 is 2.44 bits per heavy atom. The van der Waals surface area contributed by atoms with Crippen LogP contribution in [0.2, 0.25) is 0 Å². The molecule has 140 valence electrons. The first-order chi connectivity index (χ1) is 13.0. The maximum absolute atomic E-state index is 13.1. The van der Waals surface area contributed by atoms with Crippen LogP contribution in [-0.4, -0.2) is 21.9 Å². The fourth-order valence-corrected chi connectivity index (χ4v) is 3.19. The number of hydrogen-bond donors (Lipinski definition) is 2. The van der Waals surface area contributed by atoms with Gasteiger partial charge in [0.05, 0.1) is 5.69 Å². The molecule has 0 fully saturated rings. The van der Waals surface area contributed by atoms with Gasteiger partial charge in [-0.1, -0.05) is 0 Å². The van der Waals surface area contributed by atoms with Gasteiger partial charge in [-0.15, -0.1) is 11.8 Å². The summed E-state index contributed by atoms with van der Waals surface area (Å²) in [5.41, 5.74) is 2.30. The van der Waals surface area contributed by atoms with E-state index in [1.807, 2.05) is 30.5 Å². The smallest absolute Gasteiger partial charge is 0.274 e. The number of hydrogen-bond acceptors (Lipinski definition) is 3. The van der Waals surface area contributed by atoms with Crippen molar-refractivity contribution in [2.75, 3.05) is 11.6 Å². The topological polar surface area (TPSA) is 66.9 Å². The lowest BCUT2D eigenvalue weighted by atomic mass is 10.1. The molecule has 2 N–H and O–H groups in total. The number of thioether (sulfide) groups is 1. The molecule has 0 saturated heterocycles. The molecule has 1 aromatic heterocycles. The summed E-state index contributed by atoms with van der Waals surface area (Å²) in [6.07, 6.45) is 2.51. The first-order valence-electron chi connectivity index (χ1n) is 8.48. The maximum Gasteiger partial charge on any atom is 0.274 e. The number of carbonyl (C=O) groups is 1. The van der Waals surface area contributed by atoms with Crippen molar-refractivity contribution in [2.24, 2.45) is 0 Å². The van der Waals surface area contributed by atoms with E-state index in [4.69, 9.17) is 0 Å². The molecule has 1 heterocycles. The number of nitrogens with zero attached hydrogens (tertiary/aromatic N) is 1. The number of nitrogens with one attached hydrogen (secondary N) is 2.